The first-order valence-electron chi connectivity index (χ1n) is 12.2. The fourth-order valence-corrected chi connectivity index (χ4v) is 6.29. The first-order chi connectivity index (χ1) is 17.1. The Kier molecular flexibility index (Phi) is 5.73. The summed E-state index contributed by atoms with van der Waals surface area (Å²) in [5, 5.41) is 37.7. The number of carbonyl (C=O) groups excluding carboxylic acids is 2. The molecule has 1 heterocycles. The van der Waals surface area contributed by atoms with Gasteiger partial charge in [0.1, 0.15) is 17.1 Å². The highest BCUT2D eigenvalue weighted by atomic mass is 16.5. The third-order valence-electron chi connectivity index (χ3n) is 7.99. The van der Waals surface area contributed by atoms with Crippen LogP contribution in [0.5, 0.6) is 11.6 Å². The summed E-state index contributed by atoms with van der Waals surface area (Å²) in [5.74, 6) is -4.59. The van der Waals surface area contributed by atoms with Crippen LogP contribution >= 0.6 is 0 Å². The van der Waals surface area contributed by atoms with Gasteiger partial charge in [0.25, 0.3) is 5.88 Å². The van der Waals surface area contributed by atoms with Crippen molar-refractivity contribution in [3.63, 3.8) is 0 Å². The Morgan fingerprint density at radius 3 is 2.58 bits per heavy atom. The molecule has 5 N–H and O–H groups in total. The van der Waals surface area contributed by atoms with Crippen molar-refractivity contribution in [1.82, 2.24) is 10.1 Å². The number of phenols is 1. The molecular weight excluding hydrogens is 466 g/mol. The summed E-state index contributed by atoms with van der Waals surface area (Å²) in [7, 11) is 3.48. The van der Waals surface area contributed by atoms with E-state index in [1.165, 1.54) is 6.07 Å². The number of Topliss-reactive ketones (excluding diaryl/α,β-unsaturated/α-hetero) is 2. The van der Waals surface area contributed by atoms with Crippen LogP contribution in [-0.4, -0.2) is 69.3 Å². The van der Waals surface area contributed by atoms with Gasteiger partial charge in [-0.1, -0.05) is 32.4 Å². The number of aliphatic hydroxyl groups excluding tert-OH is 1. The van der Waals surface area contributed by atoms with Crippen LogP contribution in [0.3, 0.4) is 0 Å². The number of fused-ring (bicyclic) bond motifs is 4. The minimum Gasteiger partial charge on any atom is -0.507 e. The molecule has 1 aromatic heterocycles. The number of nitrogens with zero attached hydrogens (tertiary/aromatic N) is 2. The van der Waals surface area contributed by atoms with Crippen LogP contribution in [0.4, 0.5) is 0 Å². The average Bonchev–Trinajstić information content (AvgIpc) is 3.25. The SMILES string of the molecule is CCCCOc1noc2c1C(=O)[C@@]1(O)C(=O)C3=C(O)c4c(O)cccc4[C@H](C)C3[C@@H](N)[C@@H]1[C@@H]2N(C)C. The zero-order valence-electron chi connectivity index (χ0n) is 20.7. The Hall–Kier alpha value is -3.21. The maximum absolute atomic E-state index is 14.1. The van der Waals surface area contributed by atoms with Crippen LogP contribution in [0.15, 0.2) is 28.3 Å². The number of ketones is 2. The minimum absolute atomic E-state index is 0.0797. The Labute approximate surface area is 208 Å². The highest BCUT2D eigenvalue weighted by Gasteiger charge is 2.68. The molecule has 36 heavy (non-hydrogen) atoms. The van der Waals surface area contributed by atoms with Gasteiger partial charge >= 0.3 is 0 Å². The van der Waals surface area contributed by atoms with Crippen molar-refractivity contribution in [2.75, 3.05) is 20.7 Å². The number of ether oxygens (including phenoxy) is 1. The largest absolute Gasteiger partial charge is 0.507 e. The number of phenolic OH excluding ortho intramolecular Hbond substituents is 1. The first-order valence-corrected chi connectivity index (χ1v) is 12.2. The summed E-state index contributed by atoms with van der Waals surface area (Å²) in [4.78, 5) is 29.7. The number of hydrogen-bond donors (Lipinski definition) is 4. The highest BCUT2D eigenvalue weighted by molar-refractivity contribution is 6.26. The fourth-order valence-electron chi connectivity index (χ4n) is 6.29. The van der Waals surface area contributed by atoms with Gasteiger partial charge in [-0.05, 0) is 43.2 Å². The molecule has 3 aliphatic rings. The van der Waals surface area contributed by atoms with Crippen LogP contribution < -0.4 is 10.5 Å². The lowest BCUT2D eigenvalue weighted by molar-refractivity contribution is -0.144. The molecule has 192 valence electrons. The smallest absolute Gasteiger partial charge is 0.265 e. The van der Waals surface area contributed by atoms with Gasteiger partial charge in [-0.3, -0.25) is 14.5 Å². The zero-order valence-corrected chi connectivity index (χ0v) is 20.7. The lowest BCUT2D eigenvalue weighted by Crippen LogP contribution is -2.70. The molecule has 5 rings (SSSR count). The quantitative estimate of drug-likeness (QED) is 0.357. The first kappa shape index (κ1) is 24.5. The molecule has 1 aromatic carbocycles. The second kappa shape index (κ2) is 8.43. The van der Waals surface area contributed by atoms with Crippen molar-refractivity contribution in [3.8, 4) is 11.6 Å². The summed E-state index contributed by atoms with van der Waals surface area (Å²) in [6.45, 7) is 4.12. The second-order valence-electron chi connectivity index (χ2n) is 10.2. The molecule has 6 atom stereocenters. The standard InChI is InChI=1S/C26H31N3O7/c1-5-6-10-35-25-17-22(36-28-25)20(29(3)4)18-19(27)14-11(2)12-8-7-9-13(30)15(12)21(31)16(14)23(32)26(18,34)24(17)33/h7-9,11,14,18-20,30-31,34H,5-6,10,27H2,1-4H3/t11-,14?,18+,19+,20-,26-/m0/s1. The predicted molar refractivity (Wildman–Crippen MR) is 129 cm³/mol. The third-order valence-corrected chi connectivity index (χ3v) is 7.99. The summed E-state index contributed by atoms with van der Waals surface area (Å²) in [6, 6.07) is 3.14. The Balaban J connectivity index is 1.73. The number of carbonyl (C=O) groups is 2. The lowest BCUT2D eigenvalue weighted by Gasteiger charge is -2.53. The number of benzene rings is 1. The molecule has 1 saturated carbocycles. The topological polar surface area (TPSA) is 159 Å². The van der Waals surface area contributed by atoms with Crippen molar-refractivity contribution in [1.29, 1.82) is 0 Å². The molecule has 0 amide bonds. The Bertz CT molecular complexity index is 1280. The van der Waals surface area contributed by atoms with E-state index in [9.17, 15) is 24.9 Å². The van der Waals surface area contributed by atoms with Crippen molar-refractivity contribution < 1.29 is 34.2 Å². The van der Waals surface area contributed by atoms with Crippen molar-refractivity contribution >= 4 is 17.3 Å². The molecular formula is C26H31N3O7. The molecule has 1 fully saturated rings. The zero-order chi connectivity index (χ0) is 26.1. The fraction of sp³-hybridized carbons (Fsp3) is 0.500. The van der Waals surface area contributed by atoms with E-state index in [1.54, 1.807) is 31.1 Å². The van der Waals surface area contributed by atoms with Gasteiger partial charge in [0, 0.05) is 23.5 Å². The molecule has 0 aliphatic heterocycles. The summed E-state index contributed by atoms with van der Waals surface area (Å²) < 4.78 is 11.3. The van der Waals surface area contributed by atoms with E-state index in [4.69, 9.17) is 15.0 Å². The molecule has 10 heteroatoms. The minimum atomic E-state index is -2.59. The number of aromatic nitrogens is 1. The van der Waals surface area contributed by atoms with Crippen LogP contribution in [-0.2, 0) is 4.79 Å². The van der Waals surface area contributed by atoms with Gasteiger partial charge < -0.3 is 30.3 Å². The maximum Gasteiger partial charge on any atom is 0.265 e. The van der Waals surface area contributed by atoms with Crippen LogP contribution in [0, 0.1) is 11.8 Å². The molecule has 0 saturated heterocycles. The van der Waals surface area contributed by atoms with E-state index < -0.39 is 46.8 Å². The third kappa shape index (κ3) is 3.04. The Morgan fingerprint density at radius 2 is 1.92 bits per heavy atom. The number of aliphatic hydroxyl groups is 2. The van der Waals surface area contributed by atoms with Crippen molar-refractivity contribution in [3.05, 3.63) is 46.2 Å². The number of rotatable bonds is 5. The van der Waals surface area contributed by atoms with Crippen LogP contribution in [0.25, 0.3) is 5.76 Å². The maximum atomic E-state index is 14.1. The number of hydrogen-bond acceptors (Lipinski definition) is 10. The number of nitrogens with two attached hydrogens (primary N) is 1. The molecule has 0 bridgehead atoms. The lowest BCUT2D eigenvalue weighted by atomic mass is 9.53. The Morgan fingerprint density at radius 1 is 1.19 bits per heavy atom. The van der Waals surface area contributed by atoms with Gasteiger partial charge in [-0.2, -0.15) is 0 Å². The van der Waals surface area contributed by atoms with Gasteiger partial charge in [0.05, 0.1) is 18.2 Å². The normalized spacial score (nSPS) is 31.1. The molecule has 1 unspecified atom stereocenters. The molecule has 3 aliphatic carbocycles. The van der Waals surface area contributed by atoms with E-state index in [-0.39, 0.29) is 46.6 Å². The van der Waals surface area contributed by atoms with Gasteiger partial charge in [-0.15, -0.1) is 0 Å². The van der Waals surface area contributed by atoms with Crippen LogP contribution in [0.2, 0.25) is 0 Å². The van der Waals surface area contributed by atoms with Crippen LogP contribution in [0.1, 0.15) is 65.9 Å². The van der Waals surface area contributed by atoms with E-state index >= 15 is 0 Å². The van der Waals surface area contributed by atoms with Crippen molar-refractivity contribution in [2.45, 2.75) is 50.3 Å². The van der Waals surface area contributed by atoms with E-state index in [1.807, 2.05) is 13.8 Å². The molecule has 0 spiro atoms. The summed E-state index contributed by atoms with van der Waals surface area (Å²) in [6.07, 6.45) is 1.57. The van der Waals surface area contributed by atoms with Gasteiger partial charge in [0.15, 0.2) is 11.4 Å². The van der Waals surface area contributed by atoms with E-state index in [2.05, 4.69) is 5.16 Å². The van der Waals surface area contributed by atoms with E-state index in [0.717, 1.165) is 6.42 Å². The van der Waals surface area contributed by atoms with E-state index in [0.29, 0.717) is 12.0 Å². The molecule has 10 nitrogen and oxygen atoms in total. The van der Waals surface area contributed by atoms with Gasteiger partial charge in [-0.25, -0.2) is 0 Å². The number of unbranched alkanes of at least 4 members (excludes halogenated alkanes) is 1. The van der Waals surface area contributed by atoms with Gasteiger partial charge in [0.2, 0.25) is 11.6 Å². The molecule has 2 aromatic rings. The number of aromatic hydroxyl groups is 1. The predicted octanol–water partition coefficient (Wildman–Crippen LogP) is 2.32. The molecule has 0 radical (unpaired) electrons. The average molecular weight is 498 g/mol. The summed E-state index contributed by atoms with van der Waals surface area (Å²) >= 11 is 0. The summed E-state index contributed by atoms with van der Waals surface area (Å²) in [5.41, 5.74) is 4.72. The second-order valence-corrected chi connectivity index (χ2v) is 10.2. The van der Waals surface area contributed by atoms with Crippen molar-refractivity contribution in [2.24, 2.45) is 17.6 Å². The monoisotopic (exact) mass is 497 g/mol. The highest BCUT2D eigenvalue weighted by Crippen LogP contribution is 2.57.